The number of benzene rings is 1. The molecule has 0 bridgehead atoms. The molecule has 0 amide bonds. The molecule has 0 fully saturated rings. The Hall–Kier alpha value is -2.06. The Morgan fingerprint density at radius 2 is 1.96 bits per heavy atom. The smallest absolute Gasteiger partial charge is 0.0355 e. The van der Waals surface area contributed by atoms with Crippen LogP contribution < -0.4 is 15.5 Å². The van der Waals surface area contributed by atoms with Gasteiger partial charge in [-0.1, -0.05) is 68.8 Å². The van der Waals surface area contributed by atoms with Gasteiger partial charge in [-0.2, -0.15) is 0 Å². The van der Waals surface area contributed by atoms with Gasteiger partial charge < -0.3 is 5.73 Å². The molecule has 0 atom stereocenters. The molecule has 0 aliphatic heterocycles. The van der Waals surface area contributed by atoms with E-state index in [0.29, 0.717) is 0 Å². The average molecular weight is 382 g/mol. The van der Waals surface area contributed by atoms with Gasteiger partial charge in [0.15, 0.2) is 0 Å². The summed E-state index contributed by atoms with van der Waals surface area (Å²) in [5.41, 5.74) is 8.23. The van der Waals surface area contributed by atoms with Crippen molar-refractivity contribution < 1.29 is 0 Å². The standard InChI is InChI=1S/C18H19NS.C5H10.C2H6/c1-13(11-12-19)9-10-14-5-4-7-16-15-6-2-3-8-17(15)20-18(14)16;1-3-5-4-2;1-2/h2-3,6-9,11-12H,4-5,10,19H2,1H3;3,5H,4H2,1-2H3;1-2H3/b12-11-,13-9-;;. The largest absolute Gasteiger partial charge is 0.405 e. The summed E-state index contributed by atoms with van der Waals surface area (Å²) < 4.78 is 2.88. The predicted molar refractivity (Wildman–Crippen MR) is 126 cm³/mol. The van der Waals surface area contributed by atoms with Crippen molar-refractivity contribution in [3.8, 4) is 0 Å². The van der Waals surface area contributed by atoms with Crippen molar-refractivity contribution in [3.05, 3.63) is 70.1 Å². The Bertz CT molecular complexity index is 894. The second kappa shape index (κ2) is 13.2. The van der Waals surface area contributed by atoms with Gasteiger partial charge in [-0.15, -0.1) is 11.3 Å². The maximum atomic E-state index is 5.43. The molecule has 0 unspecified atom stereocenters. The highest BCUT2D eigenvalue weighted by atomic mass is 32.1. The van der Waals surface area contributed by atoms with E-state index in [-0.39, 0.29) is 0 Å². The van der Waals surface area contributed by atoms with Crippen LogP contribution in [0.2, 0.25) is 0 Å². The number of hydrogen-bond acceptors (Lipinski definition) is 2. The van der Waals surface area contributed by atoms with E-state index in [0.717, 1.165) is 19.3 Å². The van der Waals surface area contributed by atoms with Crippen molar-refractivity contribution in [2.45, 2.75) is 60.3 Å². The molecule has 2 aromatic rings. The molecular weight excluding hydrogens is 346 g/mol. The quantitative estimate of drug-likeness (QED) is 0.479. The van der Waals surface area contributed by atoms with Gasteiger partial charge >= 0.3 is 0 Å². The fourth-order valence-electron chi connectivity index (χ4n) is 2.97. The zero-order valence-corrected chi connectivity index (χ0v) is 18.4. The number of nitrogens with two attached hydrogens (primary N) is 1. The van der Waals surface area contributed by atoms with Gasteiger partial charge in [0.2, 0.25) is 0 Å². The molecule has 1 nitrogen and oxygen atoms in total. The van der Waals surface area contributed by atoms with Crippen LogP contribution in [0.4, 0.5) is 0 Å². The first-order valence-electron chi connectivity index (χ1n) is 10.1. The van der Waals surface area contributed by atoms with E-state index in [1.165, 1.54) is 31.8 Å². The normalized spacial score (nSPS) is 13.7. The molecule has 27 heavy (non-hydrogen) atoms. The molecular formula is C25H35NS. The zero-order valence-electron chi connectivity index (χ0n) is 17.6. The molecule has 0 saturated heterocycles. The number of thiophene rings is 1. The molecule has 1 heterocycles. The topological polar surface area (TPSA) is 26.0 Å². The van der Waals surface area contributed by atoms with Crippen LogP contribution in [0, 0.1) is 0 Å². The van der Waals surface area contributed by atoms with Gasteiger partial charge in [-0.05, 0) is 74.1 Å². The first-order valence-corrected chi connectivity index (χ1v) is 10.9. The summed E-state index contributed by atoms with van der Waals surface area (Å²) in [6.07, 6.45) is 16.9. The molecule has 0 radical (unpaired) electrons. The Labute approximate surface area is 169 Å². The van der Waals surface area contributed by atoms with Gasteiger partial charge in [0.05, 0.1) is 0 Å². The number of rotatable bonds is 4. The minimum absolute atomic E-state index is 1.03. The summed E-state index contributed by atoms with van der Waals surface area (Å²) in [4.78, 5) is 0. The number of hydrogen-bond donors (Lipinski definition) is 1. The summed E-state index contributed by atoms with van der Waals surface area (Å²) >= 11 is 1.93. The lowest BCUT2D eigenvalue weighted by Crippen LogP contribution is -2.24. The molecule has 2 N–H and O–H groups in total. The lowest BCUT2D eigenvalue weighted by atomic mass is 10.00. The molecule has 1 aromatic carbocycles. The van der Waals surface area contributed by atoms with Gasteiger partial charge in [0.25, 0.3) is 0 Å². The highest BCUT2D eigenvalue weighted by Gasteiger charge is 2.08. The SMILES string of the molecule is CC.CC(/C=C\N)=C/CC1=c2sc3ccccc3c2=CCC1.CC=CCC. The van der Waals surface area contributed by atoms with Crippen molar-refractivity contribution in [2.24, 2.45) is 5.73 Å². The van der Waals surface area contributed by atoms with Crippen molar-refractivity contribution >= 4 is 33.1 Å². The van der Waals surface area contributed by atoms with Gasteiger partial charge in [0, 0.05) is 9.23 Å². The predicted octanol–water partition coefficient (Wildman–Crippen LogP) is 6.43. The second-order valence-corrected chi connectivity index (χ2v) is 7.23. The van der Waals surface area contributed by atoms with Crippen molar-refractivity contribution in [3.63, 3.8) is 0 Å². The summed E-state index contributed by atoms with van der Waals surface area (Å²) in [5.74, 6) is 0. The van der Waals surface area contributed by atoms with Gasteiger partial charge in [-0.3, -0.25) is 0 Å². The van der Waals surface area contributed by atoms with Crippen LogP contribution in [0.15, 0.2) is 60.3 Å². The van der Waals surface area contributed by atoms with Crippen LogP contribution in [0.1, 0.15) is 60.3 Å². The fraction of sp³-hybridized carbons (Fsp3) is 0.360. The Morgan fingerprint density at radius 3 is 2.59 bits per heavy atom. The van der Waals surface area contributed by atoms with E-state index in [9.17, 15) is 0 Å². The van der Waals surface area contributed by atoms with E-state index in [1.807, 2.05) is 38.2 Å². The van der Waals surface area contributed by atoms with Gasteiger partial charge in [-0.25, -0.2) is 0 Å². The Kier molecular flexibility index (Phi) is 11.2. The third kappa shape index (κ3) is 6.88. The zero-order chi connectivity index (χ0) is 20.1. The minimum atomic E-state index is 1.03. The van der Waals surface area contributed by atoms with E-state index in [4.69, 9.17) is 5.73 Å². The first kappa shape index (κ1) is 23.0. The van der Waals surface area contributed by atoms with E-state index < -0.39 is 0 Å². The lowest BCUT2D eigenvalue weighted by Gasteiger charge is -2.06. The van der Waals surface area contributed by atoms with Gasteiger partial charge in [0.1, 0.15) is 0 Å². The van der Waals surface area contributed by atoms with E-state index >= 15 is 0 Å². The first-order chi connectivity index (χ1) is 13.2. The maximum Gasteiger partial charge on any atom is 0.0355 e. The molecule has 1 aromatic heterocycles. The highest BCUT2D eigenvalue weighted by Crippen LogP contribution is 2.20. The third-order valence-electron chi connectivity index (χ3n) is 4.25. The second-order valence-electron chi connectivity index (χ2n) is 6.18. The third-order valence-corrected chi connectivity index (χ3v) is 5.54. The van der Waals surface area contributed by atoms with Crippen molar-refractivity contribution in [1.29, 1.82) is 0 Å². The van der Waals surface area contributed by atoms with Crippen molar-refractivity contribution in [2.75, 3.05) is 0 Å². The van der Waals surface area contributed by atoms with Crippen LogP contribution in [0.5, 0.6) is 0 Å². The van der Waals surface area contributed by atoms with Crippen LogP contribution in [-0.4, -0.2) is 0 Å². The summed E-state index contributed by atoms with van der Waals surface area (Å²) in [7, 11) is 0. The minimum Gasteiger partial charge on any atom is -0.405 e. The van der Waals surface area contributed by atoms with Crippen LogP contribution in [-0.2, 0) is 0 Å². The lowest BCUT2D eigenvalue weighted by molar-refractivity contribution is 1.05. The molecule has 0 spiro atoms. The fourth-order valence-corrected chi connectivity index (χ4v) is 4.26. The molecule has 1 aliphatic carbocycles. The molecule has 0 saturated carbocycles. The Balaban J connectivity index is 0.000000454. The monoisotopic (exact) mass is 381 g/mol. The van der Waals surface area contributed by atoms with E-state index in [2.05, 4.69) is 62.4 Å². The Morgan fingerprint density at radius 1 is 1.22 bits per heavy atom. The number of fused-ring (bicyclic) bond motifs is 3. The maximum absolute atomic E-state index is 5.43. The molecule has 1 aliphatic rings. The van der Waals surface area contributed by atoms with Crippen LogP contribution >= 0.6 is 11.3 Å². The number of allylic oxidation sites excluding steroid dienone is 5. The molecule has 3 rings (SSSR count). The summed E-state index contributed by atoms with van der Waals surface area (Å²) in [6.45, 7) is 10.3. The van der Waals surface area contributed by atoms with Crippen LogP contribution in [0.25, 0.3) is 21.7 Å². The summed E-state index contributed by atoms with van der Waals surface area (Å²) in [5, 5.41) is 2.86. The summed E-state index contributed by atoms with van der Waals surface area (Å²) in [6, 6.07) is 8.72. The average Bonchev–Trinajstić information content (AvgIpc) is 3.09. The van der Waals surface area contributed by atoms with E-state index in [1.54, 1.807) is 11.8 Å². The molecule has 2 heteroatoms. The van der Waals surface area contributed by atoms with Crippen LogP contribution in [0.3, 0.4) is 0 Å². The van der Waals surface area contributed by atoms with Crippen molar-refractivity contribution in [1.82, 2.24) is 0 Å². The highest BCUT2D eigenvalue weighted by molar-refractivity contribution is 7.17. The molecule has 146 valence electrons.